The van der Waals surface area contributed by atoms with E-state index in [9.17, 15) is 4.79 Å². The van der Waals surface area contributed by atoms with Crippen molar-refractivity contribution in [1.82, 2.24) is 0 Å². The van der Waals surface area contributed by atoms with Crippen molar-refractivity contribution in [2.24, 2.45) is 0 Å². The zero-order chi connectivity index (χ0) is 14.4. The summed E-state index contributed by atoms with van der Waals surface area (Å²) in [7, 11) is 1.59. The lowest BCUT2D eigenvalue weighted by atomic mass is 10.1. The normalized spacial score (nSPS) is 10.1. The third-order valence-corrected chi connectivity index (χ3v) is 3.05. The molecule has 2 rings (SSSR count). The summed E-state index contributed by atoms with van der Waals surface area (Å²) >= 11 is 0. The first-order valence-electron chi connectivity index (χ1n) is 6.54. The number of methoxy groups -OCH3 is 1. The van der Waals surface area contributed by atoms with E-state index in [1.54, 1.807) is 25.3 Å². The second kappa shape index (κ2) is 6.75. The van der Waals surface area contributed by atoms with Crippen molar-refractivity contribution >= 4 is 6.29 Å². The van der Waals surface area contributed by atoms with Gasteiger partial charge in [0.15, 0.2) is 11.5 Å². The van der Waals surface area contributed by atoms with Crippen LogP contribution in [0.1, 0.15) is 21.5 Å². The molecule has 0 amide bonds. The molecule has 0 N–H and O–H groups in total. The fourth-order valence-corrected chi connectivity index (χ4v) is 2.03. The fraction of sp³-hybridized carbons (Fsp3) is 0.235. The predicted molar refractivity (Wildman–Crippen MR) is 78.8 cm³/mol. The Kier molecular flexibility index (Phi) is 4.77. The van der Waals surface area contributed by atoms with Crippen molar-refractivity contribution < 1.29 is 14.3 Å². The summed E-state index contributed by atoms with van der Waals surface area (Å²) in [6, 6.07) is 13.5. The zero-order valence-corrected chi connectivity index (χ0v) is 11.8. The number of benzene rings is 2. The Morgan fingerprint density at radius 1 is 1.10 bits per heavy atom. The van der Waals surface area contributed by atoms with Gasteiger partial charge in [0.2, 0.25) is 0 Å². The summed E-state index contributed by atoms with van der Waals surface area (Å²) < 4.78 is 11.0. The van der Waals surface area contributed by atoms with E-state index >= 15 is 0 Å². The summed E-state index contributed by atoms with van der Waals surface area (Å²) in [5.41, 5.74) is 3.05. The standard InChI is InChI=1S/C17H18O3/c1-13-4-3-5-14(10-13)8-9-20-17-11-15(12-18)6-7-16(17)19-2/h3-7,10-12H,8-9H2,1-2H3. The van der Waals surface area contributed by atoms with Gasteiger partial charge in [-0.15, -0.1) is 0 Å². The maximum absolute atomic E-state index is 10.8. The van der Waals surface area contributed by atoms with Crippen LogP contribution in [0.2, 0.25) is 0 Å². The van der Waals surface area contributed by atoms with Crippen LogP contribution >= 0.6 is 0 Å². The van der Waals surface area contributed by atoms with Gasteiger partial charge in [-0.1, -0.05) is 29.8 Å². The van der Waals surface area contributed by atoms with E-state index in [-0.39, 0.29) is 0 Å². The van der Waals surface area contributed by atoms with Gasteiger partial charge >= 0.3 is 0 Å². The SMILES string of the molecule is COc1ccc(C=O)cc1OCCc1cccc(C)c1. The molecule has 0 aliphatic heterocycles. The number of aryl methyl sites for hydroxylation is 1. The first kappa shape index (κ1) is 14.1. The Hall–Kier alpha value is -2.29. The van der Waals surface area contributed by atoms with Crippen molar-refractivity contribution in [1.29, 1.82) is 0 Å². The molecule has 0 aliphatic rings. The van der Waals surface area contributed by atoms with Crippen LogP contribution in [0.15, 0.2) is 42.5 Å². The Morgan fingerprint density at radius 2 is 1.95 bits per heavy atom. The second-order valence-corrected chi connectivity index (χ2v) is 4.62. The molecule has 3 heteroatoms. The lowest BCUT2D eigenvalue weighted by Crippen LogP contribution is -2.03. The molecule has 0 bridgehead atoms. The summed E-state index contributed by atoms with van der Waals surface area (Å²) in [4.78, 5) is 10.8. The number of carbonyl (C=O) groups is 1. The molecule has 0 aromatic heterocycles. The molecular weight excluding hydrogens is 252 g/mol. The van der Waals surface area contributed by atoms with Gasteiger partial charge in [-0.05, 0) is 30.7 Å². The molecule has 0 unspecified atom stereocenters. The molecule has 0 heterocycles. The third-order valence-electron chi connectivity index (χ3n) is 3.05. The molecule has 0 atom stereocenters. The van der Waals surface area contributed by atoms with Crippen LogP contribution in [-0.2, 0) is 6.42 Å². The monoisotopic (exact) mass is 270 g/mol. The molecule has 3 nitrogen and oxygen atoms in total. The molecule has 104 valence electrons. The Morgan fingerprint density at radius 3 is 2.65 bits per heavy atom. The second-order valence-electron chi connectivity index (χ2n) is 4.62. The molecule has 0 radical (unpaired) electrons. The molecule has 0 saturated carbocycles. The van der Waals surface area contributed by atoms with Crippen molar-refractivity contribution in [2.75, 3.05) is 13.7 Å². The largest absolute Gasteiger partial charge is 0.493 e. The molecule has 0 spiro atoms. The minimum atomic E-state index is 0.544. The quantitative estimate of drug-likeness (QED) is 0.754. The van der Waals surface area contributed by atoms with Crippen LogP contribution in [0.3, 0.4) is 0 Å². The lowest BCUT2D eigenvalue weighted by Gasteiger charge is -2.11. The molecule has 0 saturated heterocycles. The predicted octanol–water partition coefficient (Wildman–Crippen LogP) is 3.44. The lowest BCUT2D eigenvalue weighted by molar-refractivity contribution is 0.112. The molecule has 2 aromatic rings. The highest BCUT2D eigenvalue weighted by atomic mass is 16.5. The minimum Gasteiger partial charge on any atom is -0.493 e. The van der Waals surface area contributed by atoms with E-state index in [0.717, 1.165) is 12.7 Å². The number of aldehydes is 1. The highest BCUT2D eigenvalue weighted by Gasteiger charge is 2.05. The number of ether oxygens (including phenoxy) is 2. The van der Waals surface area contributed by atoms with Gasteiger partial charge in [0, 0.05) is 12.0 Å². The van der Waals surface area contributed by atoms with Crippen LogP contribution in [-0.4, -0.2) is 20.0 Å². The van der Waals surface area contributed by atoms with Crippen LogP contribution in [0.5, 0.6) is 11.5 Å². The summed E-state index contributed by atoms with van der Waals surface area (Å²) in [5, 5.41) is 0. The minimum absolute atomic E-state index is 0.544. The highest BCUT2D eigenvalue weighted by Crippen LogP contribution is 2.27. The zero-order valence-electron chi connectivity index (χ0n) is 11.8. The molecule has 2 aromatic carbocycles. The summed E-state index contributed by atoms with van der Waals surface area (Å²) in [6.07, 6.45) is 1.61. The van der Waals surface area contributed by atoms with E-state index in [1.807, 2.05) is 6.07 Å². The van der Waals surface area contributed by atoms with Gasteiger partial charge in [0.25, 0.3) is 0 Å². The Labute approximate surface area is 119 Å². The molecule has 0 fully saturated rings. The van der Waals surface area contributed by atoms with E-state index in [2.05, 4.69) is 25.1 Å². The fourth-order valence-electron chi connectivity index (χ4n) is 2.03. The van der Waals surface area contributed by atoms with Crippen LogP contribution in [0, 0.1) is 6.92 Å². The van der Waals surface area contributed by atoms with E-state index < -0.39 is 0 Å². The van der Waals surface area contributed by atoms with Gasteiger partial charge in [-0.25, -0.2) is 0 Å². The van der Waals surface area contributed by atoms with Crippen molar-refractivity contribution in [3.05, 3.63) is 59.2 Å². The maximum Gasteiger partial charge on any atom is 0.161 e. The van der Waals surface area contributed by atoms with Crippen molar-refractivity contribution in [3.63, 3.8) is 0 Å². The summed E-state index contributed by atoms with van der Waals surface area (Å²) in [5.74, 6) is 1.24. The van der Waals surface area contributed by atoms with Gasteiger partial charge in [-0.2, -0.15) is 0 Å². The first-order valence-corrected chi connectivity index (χ1v) is 6.54. The van der Waals surface area contributed by atoms with E-state index in [0.29, 0.717) is 23.7 Å². The molecular formula is C17H18O3. The first-order chi connectivity index (χ1) is 9.72. The summed E-state index contributed by atoms with van der Waals surface area (Å²) in [6.45, 7) is 2.61. The molecule has 0 aliphatic carbocycles. The number of rotatable bonds is 6. The Bertz CT molecular complexity index is 591. The van der Waals surface area contributed by atoms with Crippen LogP contribution < -0.4 is 9.47 Å². The number of carbonyl (C=O) groups excluding carboxylic acids is 1. The smallest absolute Gasteiger partial charge is 0.161 e. The van der Waals surface area contributed by atoms with Crippen LogP contribution in [0.4, 0.5) is 0 Å². The van der Waals surface area contributed by atoms with E-state index in [1.165, 1.54) is 11.1 Å². The average Bonchev–Trinajstić information content (AvgIpc) is 2.47. The van der Waals surface area contributed by atoms with Gasteiger partial charge < -0.3 is 9.47 Å². The van der Waals surface area contributed by atoms with Crippen molar-refractivity contribution in [3.8, 4) is 11.5 Å². The van der Waals surface area contributed by atoms with Crippen molar-refractivity contribution in [2.45, 2.75) is 13.3 Å². The van der Waals surface area contributed by atoms with Gasteiger partial charge in [0.05, 0.1) is 13.7 Å². The van der Waals surface area contributed by atoms with Crippen LogP contribution in [0.25, 0.3) is 0 Å². The topological polar surface area (TPSA) is 35.5 Å². The molecule has 20 heavy (non-hydrogen) atoms. The third kappa shape index (κ3) is 3.60. The number of hydrogen-bond donors (Lipinski definition) is 0. The number of hydrogen-bond acceptors (Lipinski definition) is 3. The van der Waals surface area contributed by atoms with Gasteiger partial charge in [-0.3, -0.25) is 4.79 Å². The average molecular weight is 270 g/mol. The highest BCUT2D eigenvalue weighted by molar-refractivity contribution is 5.76. The van der Waals surface area contributed by atoms with Gasteiger partial charge in [0.1, 0.15) is 6.29 Å². The maximum atomic E-state index is 10.8. The Balaban J connectivity index is 2.01. The van der Waals surface area contributed by atoms with E-state index in [4.69, 9.17) is 9.47 Å².